The Morgan fingerprint density at radius 2 is 2.05 bits per heavy atom. The van der Waals surface area contributed by atoms with Crippen LogP contribution in [0, 0.1) is 0 Å². The van der Waals surface area contributed by atoms with E-state index in [4.69, 9.17) is 4.74 Å². The van der Waals surface area contributed by atoms with Crippen molar-refractivity contribution in [2.24, 2.45) is 0 Å². The smallest absolute Gasteiger partial charge is 0.326 e. The molecule has 2 unspecified atom stereocenters. The van der Waals surface area contributed by atoms with Crippen molar-refractivity contribution in [1.29, 1.82) is 0 Å². The highest BCUT2D eigenvalue weighted by Crippen LogP contribution is 2.32. The standard InChI is InChI=1S/C16H31N3O2/c1-4-8-18-9-11-19(12-10-18)14-6-5-7-16(13-14,17-2)15(20)21-3/h14,17H,4-13H2,1-3H3. The summed E-state index contributed by atoms with van der Waals surface area (Å²) in [6.45, 7) is 8.04. The van der Waals surface area contributed by atoms with E-state index in [1.165, 1.54) is 26.5 Å². The lowest BCUT2D eigenvalue weighted by Gasteiger charge is -2.45. The molecule has 1 saturated carbocycles. The Labute approximate surface area is 129 Å². The largest absolute Gasteiger partial charge is 0.468 e. The van der Waals surface area contributed by atoms with Crippen molar-refractivity contribution < 1.29 is 9.53 Å². The maximum absolute atomic E-state index is 12.2. The molecule has 0 amide bonds. The zero-order chi connectivity index (χ0) is 15.3. The van der Waals surface area contributed by atoms with Gasteiger partial charge in [-0.3, -0.25) is 9.69 Å². The summed E-state index contributed by atoms with van der Waals surface area (Å²) in [4.78, 5) is 17.3. The Morgan fingerprint density at radius 3 is 2.62 bits per heavy atom. The van der Waals surface area contributed by atoms with Crippen LogP contribution in [-0.4, -0.2) is 74.2 Å². The normalized spacial score (nSPS) is 32.0. The van der Waals surface area contributed by atoms with Gasteiger partial charge in [-0.05, 0) is 45.7 Å². The summed E-state index contributed by atoms with van der Waals surface area (Å²) in [6, 6.07) is 0.508. The minimum absolute atomic E-state index is 0.0979. The second-order valence-corrected chi connectivity index (χ2v) is 6.45. The number of rotatable bonds is 5. The molecule has 21 heavy (non-hydrogen) atoms. The van der Waals surface area contributed by atoms with Gasteiger partial charge in [0.05, 0.1) is 7.11 Å². The predicted molar refractivity (Wildman–Crippen MR) is 84.4 cm³/mol. The molecule has 1 N–H and O–H groups in total. The van der Waals surface area contributed by atoms with Gasteiger partial charge in [-0.2, -0.15) is 0 Å². The first kappa shape index (κ1) is 16.7. The van der Waals surface area contributed by atoms with E-state index in [0.717, 1.165) is 45.4 Å². The van der Waals surface area contributed by atoms with Gasteiger partial charge in [0.1, 0.15) is 5.54 Å². The van der Waals surface area contributed by atoms with E-state index in [1.54, 1.807) is 0 Å². The van der Waals surface area contributed by atoms with E-state index in [0.29, 0.717) is 6.04 Å². The highest BCUT2D eigenvalue weighted by molar-refractivity contribution is 5.81. The van der Waals surface area contributed by atoms with Crippen LogP contribution in [0.4, 0.5) is 0 Å². The van der Waals surface area contributed by atoms with Gasteiger partial charge in [-0.25, -0.2) is 0 Å². The van der Waals surface area contributed by atoms with Gasteiger partial charge >= 0.3 is 5.97 Å². The van der Waals surface area contributed by atoms with Gasteiger partial charge in [0, 0.05) is 32.2 Å². The molecule has 122 valence electrons. The van der Waals surface area contributed by atoms with Gasteiger partial charge in [-0.15, -0.1) is 0 Å². The summed E-state index contributed by atoms with van der Waals surface area (Å²) in [6.07, 6.45) is 5.30. The van der Waals surface area contributed by atoms with E-state index >= 15 is 0 Å². The van der Waals surface area contributed by atoms with Crippen molar-refractivity contribution in [3.05, 3.63) is 0 Å². The number of piperazine rings is 1. The van der Waals surface area contributed by atoms with Crippen LogP contribution in [0.3, 0.4) is 0 Å². The summed E-state index contributed by atoms with van der Waals surface area (Å²) >= 11 is 0. The van der Waals surface area contributed by atoms with Crippen LogP contribution in [0.1, 0.15) is 39.0 Å². The lowest BCUT2D eigenvalue weighted by atomic mass is 9.78. The molecule has 1 aliphatic carbocycles. The lowest BCUT2D eigenvalue weighted by molar-refractivity contribution is -0.151. The van der Waals surface area contributed by atoms with Gasteiger partial charge in [0.25, 0.3) is 0 Å². The van der Waals surface area contributed by atoms with Gasteiger partial charge < -0.3 is 15.0 Å². The number of hydrogen-bond donors (Lipinski definition) is 1. The Hall–Kier alpha value is -0.650. The maximum Gasteiger partial charge on any atom is 0.326 e. The molecular formula is C16H31N3O2. The van der Waals surface area contributed by atoms with E-state index in [2.05, 4.69) is 22.0 Å². The number of methoxy groups -OCH3 is 1. The molecule has 1 heterocycles. The molecule has 0 spiro atoms. The van der Waals surface area contributed by atoms with E-state index in [9.17, 15) is 4.79 Å². The summed E-state index contributed by atoms with van der Waals surface area (Å²) in [5, 5.41) is 3.25. The molecule has 2 rings (SSSR count). The van der Waals surface area contributed by atoms with Crippen LogP contribution >= 0.6 is 0 Å². The molecule has 0 radical (unpaired) electrons. The number of likely N-dealkylation sites (N-methyl/N-ethyl adjacent to an activating group) is 1. The van der Waals surface area contributed by atoms with Crippen molar-refractivity contribution in [2.75, 3.05) is 46.9 Å². The first-order valence-electron chi connectivity index (χ1n) is 8.39. The van der Waals surface area contributed by atoms with Gasteiger partial charge in [-0.1, -0.05) is 6.92 Å². The molecule has 2 fully saturated rings. The topological polar surface area (TPSA) is 44.8 Å². The highest BCUT2D eigenvalue weighted by atomic mass is 16.5. The van der Waals surface area contributed by atoms with E-state index in [-0.39, 0.29) is 5.97 Å². The summed E-state index contributed by atoms with van der Waals surface area (Å²) in [5.41, 5.74) is -0.474. The zero-order valence-electron chi connectivity index (χ0n) is 13.9. The quantitative estimate of drug-likeness (QED) is 0.770. The van der Waals surface area contributed by atoms with Crippen molar-refractivity contribution in [1.82, 2.24) is 15.1 Å². The van der Waals surface area contributed by atoms with E-state index < -0.39 is 5.54 Å². The monoisotopic (exact) mass is 297 g/mol. The van der Waals surface area contributed by atoms with Crippen LogP contribution in [-0.2, 0) is 9.53 Å². The molecule has 2 aliphatic rings. The molecule has 0 aromatic rings. The third-order valence-corrected chi connectivity index (χ3v) is 5.24. The van der Waals surface area contributed by atoms with Crippen molar-refractivity contribution in [3.63, 3.8) is 0 Å². The number of carbonyl (C=O) groups excluding carboxylic acids is 1. The molecule has 0 aromatic heterocycles. The van der Waals surface area contributed by atoms with E-state index in [1.807, 2.05) is 7.05 Å². The number of nitrogens with one attached hydrogen (secondary N) is 1. The van der Waals surface area contributed by atoms with Gasteiger partial charge in [0.15, 0.2) is 0 Å². The Balaban J connectivity index is 1.94. The average Bonchev–Trinajstić information content (AvgIpc) is 2.55. The summed E-state index contributed by atoms with van der Waals surface area (Å²) in [7, 11) is 3.38. The van der Waals surface area contributed by atoms with Gasteiger partial charge in [0.2, 0.25) is 0 Å². The molecular weight excluding hydrogens is 266 g/mol. The van der Waals surface area contributed by atoms with Crippen LogP contribution < -0.4 is 5.32 Å². The fourth-order valence-electron chi connectivity index (χ4n) is 3.94. The summed E-state index contributed by atoms with van der Waals surface area (Å²) in [5.74, 6) is -0.0979. The molecule has 5 nitrogen and oxygen atoms in total. The molecule has 1 saturated heterocycles. The maximum atomic E-state index is 12.2. The van der Waals surface area contributed by atoms with Crippen molar-refractivity contribution in [2.45, 2.75) is 50.6 Å². The fourth-order valence-corrected chi connectivity index (χ4v) is 3.94. The zero-order valence-corrected chi connectivity index (χ0v) is 13.9. The fraction of sp³-hybridized carbons (Fsp3) is 0.938. The third-order valence-electron chi connectivity index (χ3n) is 5.24. The minimum Gasteiger partial charge on any atom is -0.468 e. The van der Waals surface area contributed by atoms with Crippen LogP contribution in [0.5, 0.6) is 0 Å². The molecule has 0 aromatic carbocycles. The minimum atomic E-state index is -0.474. The number of esters is 1. The first-order valence-corrected chi connectivity index (χ1v) is 8.39. The SMILES string of the molecule is CCCN1CCN(C2CCCC(NC)(C(=O)OC)C2)CC1. The predicted octanol–water partition coefficient (Wildman–Crippen LogP) is 1.09. The van der Waals surface area contributed by atoms with Crippen molar-refractivity contribution >= 4 is 5.97 Å². The van der Waals surface area contributed by atoms with Crippen molar-refractivity contribution in [3.8, 4) is 0 Å². The summed E-state index contributed by atoms with van der Waals surface area (Å²) < 4.78 is 5.04. The molecule has 1 aliphatic heterocycles. The van der Waals surface area contributed by atoms with Crippen LogP contribution in [0.25, 0.3) is 0 Å². The Morgan fingerprint density at radius 1 is 1.33 bits per heavy atom. The highest BCUT2D eigenvalue weighted by Gasteiger charge is 2.44. The lowest BCUT2D eigenvalue weighted by Crippen LogP contribution is -2.59. The first-order chi connectivity index (χ1) is 10.1. The van der Waals surface area contributed by atoms with Crippen LogP contribution in [0.2, 0.25) is 0 Å². The Kier molecular flexibility index (Phi) is 6.02. The third kappa shape index (κ3) is 3.76. The number of carbonyl (C=O) groups is 1. The number of ether oxygens (including phenoxy) is 1. The molecule has 2 atom stereocenters. The second-order valence-electron chi connectivity index (χ2n) is 6.45. The molecule has 5 heteroatoms. The number of nitrogens with zero attached hydrogens (tertiary/aromatic N) is 2. The Bertz CT molecular complexity index is 342. The molecule has 0 bridgehead atoms. The second kappa shape index (κ2) is 7.56. The number of hydrogen-bond acceptors (Lipinski definition) is 5. The van der Waals surface area contributed by atoms with Crippen LogP contribution in [0.15, 0.2) is 0 Å². The average molecular weight is 297 g/mol.